The number of carboxylic acid groups (broad SMARTS) is 1. The summed E-state index contributed by atoms with van der Waals surface area (Å²) in [5.41, 5.74) is -1.13. The van der Waals surface area contributed by atoms with E-state index in [1.807, 2.05) is 0 Å². The van der Waals surface area contributed by atoms with Crippen molar-refractivity contribution >= 4 is 5.97 Å². The second-order valence-corrected chi connectivity index (χ2v) is 4.70. The lowest BCUT2D eigenvalue weighted by molar-refractivity contribution is -0.146. The van der Waals surface area contributed by atoms with Gasteiger partial charge in [-0.15, -0.1) is 5.10 Å². The third kappa shape index (κ3) is 2.14. The number of rotatable bonds is 3. The summed E-state index contributed by atoms with van der Waals surface area (Å²) >= 11 is 0. The Morgan fingerprint density at radius 3 is 2.71 bits per heavy atom. The molecule has 1 aliphatic heterocycles. The summed E-state index contributed by atoms with van der Waals surface area (Å²) in [5.74, 6) is -0.129. The van der Waals surface area contributed by atoms with Crippen molar-refractivity contribution in [3.8, 4) is 0 Å². The molecule has 1 aliphatic rings. The normalized spacial score (nSPS) is 18.2. The van der Waals surface area contributed by atoms with Crippen LogP contribution in [0.3, 0.4) is 0 Å². The summed E-state index contributed by atoms with van der Waals surface area (Å²) in [4.78, 5) is 11.2. The highest BCUT2D eigenvalue weighted by Gasteiger charge is 2.35. The third-order valence-corrected chi connectivity index (χ3v) is 3.13. The first kappa shape index (κ1) is 12.0. The number of hydrogen-bond donors (Lipinski definition) is 1. The number of hydrogen-bond acceptors (Lipinski definition) is 5. The summed E-state index contributed by atoms with van der Waals surface area (Å²) in [7, 11) is 0. The van der Waals surface area contributed by atoms with Crippen molar-refractivity contribution in [2.75, 3.05) is 13.2 Å². The molecular weight excluding hydrogens is 224 g/mol. The van der Waals surface area contributed by atoms with Crippen LogP contribution >= 0.6 is 0 Å². The monoisotopic (exact) mass is 240 g/mol. The van der Waals surface area contributed by atoms with Crippen LogP contribution in [0, 0.1) is 0 Å². The summed E-state index contributed by atoms with van der Waals surface area (Å²) in [6, 6.07) is 0. The van der Waals surface area contributed by atoms with Gasteiger partial charge < -0.3 is 9.84 Å². The van der Waals surface area contributed by atoms with Crippen molar-refractivity contribution in [1.82, 2.24) is 20.2 Å². The minimum Gasteiger partial charge on any atom is -0.479 e. The van der Waals surface area contributed by atoms with Crippen molar-refractivity contribution < 1.29 is 14.6 Å². The van der Waals surface area contributed by atoms with Crippen LogP contribution in [0.2, 0.25) is 0 Å². The maximum absolute atomic E-state index is 11.2. The number of aromatic nitrogens is 4. The molecule has 7 nitrogen and oxygen atoms in total. The van der Waals surface area contributed by atoms with Crippen molar-refractivity contribution in [3.63, 3.8) is 0 Å². The average Bonchev–Trinajstić information content (AvgIpc) is 2.79. The van der Waals surface area contributed by atoms with E-state index in [9.17, 15) is 9.90 Å². The van der Waals surface area contributed by atoms with E-state index in [2.05, 4.69) is 15.5 Å². The third-order valence-electron chi connectivity index (χ3n) is 3.13. The van der Waals surface area contributed by atoms with Gasteiger partial charge in [0.1, 0.15) is 0 Å². The second kappa shape index (κ2) is 4.40. The van der Waals surface area contributed by atoms with E-state index in [1.54, 1.807) is 13.8 Å². The van der Waals surface area contributed by atoms with Crippen LogP contribution in [0.5, 0.6) is 0 Å². The van der Waals surface area contributed by atoms with Crippen LogP contribution < -0.4 is 0 Å². The highest BCUT2D eigenvalue weighted by Crippen LogP contribution is 2.27. The zero-order chi connectivity index (χ0) is 12.5. The average molecular weight is 240 g/mol. The van der Waals surface area contributed by atoms with Gasteiger partial charge in [0.2, 0.25) is 0 Å². The Balaban J connectivity index is 2.30. The molecule has 1 aromatic heterocycles. The molecule has 0 saturated carbocycles. The molecule has 0 aromatic carbocycles. The van der Waals surface area contributed by atoms with Crippen LogP contribution in [0.25, 0.3) is 0 Å². The number of carboxylic acids is 1. The zero-order valence-electron chi connectivity index (χ0n) is 9.96. The van der Waals surface area contributed by atoms with Crippen LogP contribution in [-0.2, 0) is 15.1 Å². The van der Waals surface area contributed by atoms with Gasteiger partial charge in [-0.25, -0.2) is 9.48 Å². The Labute approximate surface area is 98.8 Å². The van der Waals surface area contributed by atoms with E-state index in [1.165, 1.54) is 4.68 Å². The molecule has 2 heterocycles. The Hall–Kier alpha value is -1.50. The first-order valence-corrected chi connectivity index (χ1v) is 5.63. The molecule has 0 amide bonds. The van der Waals surface area contributed by atoms with E-state index in [4.69, 9.17) is 4.74 Å². The van der Waals surface area contributed by atoms with E-state index in [-0.39, 0.29) is 5.92 Å². The van der Waals surface area contributed by atoms with E-state index in [0.717, 1.165) is 12.8 Å². The molecule has 1 aromatic rings. The summed E-state index contributed by atoms with van der Waals surface area (Å²) in [6.45, 7) is 4.53. The maximum atomic E-state index is 11.2. The molecule has 1 fully saturated rings. The second-order valence-electron chi connectivity index (χ2n) is 4.70. The summed E-state index contributed by atoms with van der Waals surface area (Å²) in [5, 5.41) is 20.6. The van der Waals surface area contributed by atoms with Crippen molar-refractivity contribution in [1.29, 1.82) is 0 Å². The first-order chi connectivity index (χ1) is 8.03. The zero-order valence-corrected chi connectivity index (χ0v) is 9.96. The molecule has 0 radical (unpaired) electrons. The predicted octanol–water partition coefficient (Wildman–Crippen LogP) is 0.387. The molecule has 0 unspecified atom stereocenters. The molecule has 1 saturated heterocycles. The molecule has 0 atom stereocenters. The molecule has 1 N–H and O–H groups in total. The van der Waals surface area contributed by atoms with E-state index in [0.29, 0.717) is 19.0 Å². The summed E-state index contributed by atoms with van der Waals surface area (Å²) in [6.07, 6.45) is 1.66. The standard InChI is InChI=1S/C10H16N4O3/c1-10(2,9(15)16)14-8(11-12-13-14)7-3-5-17-6-4-7/h7H,3-6H2,1-2H3,(H,15,16). The maximum Gasteiger partial charge on any atom is 0.331 e. The molecule has 17 heavy (non-hydrogen) atoms. The van der Waals surface area contributed by atoms with Gasteiger partial charge in [-0.3, -0.25) is 0 Å². The highest BCUT2D eigenvalue weighted by molar-refractivity contribution is 5.75. The van der Waals surface area contributed by atoms with Gasteiger partial charge in [-0.1, -0.05) is 0 Å². The fraction of sp³-hybridized carbons (Fsp3) is 0.800. The number of aliphatic carboxylic acids is 1. The van der Waals surface area contributed by atoms with Gasteiger partial charge in [-0.2, -0.15) is 0 Å². The quantitative estimate of drug-likeness (QED) is 0.821. The van der Waals surface area contributed by atoms with Crippen LogP contribution in [0.15, 0.2) is 0 Å². The molecule has 7 heteroatoms. The fourth-order valence-electron chi connectivity index (χ4n) is 1.89. The SMILES string of the molecule is CC(C)(C(=O)O)n1nnnc1C1CCOCC1. The van der Waals surface area contributed by atoms with Crippen LogP contribution in [-0.4, -0.2) is 44.5 Å². The van der Waals surface area contributed by atoms with Gasteiger partial charge in [0.05, 0.1) is 0 Å². The lowest BCUT2D eigenvalue weighted by Gasteiger charge is -2.25. The molecule has 0 bridgehead atoms. The van der Waals surface area contributed by atoms with Crippen molar-refractivity contribution in [2.24, 2.45) is 0 Å². The molecule has 94 valence electrons. The van der Waals surface area contributed by atoms with Gasteiger partial charge in [-0.05, 0) is 37.1 Å². The van der Waals surface area contributed by atoms with Crippen molar-refractivity contribution in [2.45, 2.75) is 38.1 Å². The van der Waals surface area contributed by atoms with Crippen LogP contribution in [0.4, 0.5) is 0 Å². The Morgan fingerprint density at radius 2 is 2.12 bits per heavy atom. The largest absolute Gasteiger partial charge is 0.479 e. The number of ether oxygens (including phenoxy) is 1. The molecule has 0 aliphatic carbocycles. The van der Waals surface area contributed by atoms with E-state index < -0.39 is 11.5 Å². The lowest BCUT2D eigenvalue weighted by atomic mass is 9.97. The highest BCUT2D eigenvalue weighted by atomic mass is 16.5. The van der Waals surface area contributed by atoms with Crippen molar-refractivity contribution in [3.05, 3.63) is 5.82 Å². The van der Waals surface area contributed by atoms with Gasteiger partial charge >= 0.3 is 5.97 Å². The summed E-state index contributed by atoms with van der Waals surface area (Å²) < 4.78 is 6.68. The first-order valence-electron chi connectivity index (χ1n) is 5.63. The van der Waals surface area contributed by atoms with Gasteiger partial charge in [0.25, 0.3) is 0 Å². The minimum absolute atomic E-state index is 0.178. The van der Waals surface area contributed by atoms with Gasteiger partial charge in [0, 0.05) is 19.1 Å². The predicted molar refractivity (Wildman–Crippen MR) is 57.6 cm³/mol. The topological polar surface area (TPSA) is 90.1 Å². The molecular formula is C10H16N4O3. The van der Waals surface area contributed by atoms with E-state index >= 15 is 0 Å². The Morgan fingerprint density at radius 1 is 1.47 bits per heavy atom. The molecule has 2 rings (SSSR count). The minimum atomic E-state index is -1.13. The number of carbonyl (C=O) groups is 1. The van der Waals surface area contributed by atoms with Crippen LogP contribution in [0.1, 0.15) is 38.4 Å². The fourth-order valence-corrected chi connectivity index (χ4v) is 1.89. The number of nitrogens with zero attached hydrogens (tertiary/aromatic N) is 4. The Kier molecular flexibility index (Phi) is 3.10. The Bertz CT molecular complexity index is 409. The smallest absolute Gasteiger partial charge is 0.331 e. The number of tetrazole rings is 1. The molecule has 0 spiro atoms. The lowest BCUT2D eigenvalue weighted by Crippen LogP contribution is -2.38. The van der Waals surface area contributed by atoms with Gasteiger partial charge in [0.15, 0.2) is 11.4 Å².